The van der Waals surface area contributed by atoms with Gasteiger partial charge in [-0.3, -0.25) is 14.2 Å². The normalized spacial score (nSPS) is 10.8. The monoisotopic (exact) mass is 447 g/mol. The van der Waals surface area contributed by atoms with Crippen molar-refractivity contribution in [2.24, 2.45) is 0 Å². The molecule has 1 N–H and O–H groups in total. The summed E-state index contributed by atoms with van der Waals surface area (Å²) in [6.45, 7) is 0.933. The summed E-state index contributed by atoms with van der Waals surface area (Å²) in [5, 5.41) is 7.62. The Labute approximate surface area is 190 Å². The van der Waals surface area contributed by atoms with E-state index in [1.807, 2.05) is 30.3 Å². The molecule has 0 aliphatic heterocycles. The largest absolute Gasteiger partial charge is 0.493 e. The van der Waals surface area contributed by atoms with E-state index in [1.165, 1.54) is 25.1 Å². The molecule has 0 unspecified atom stereocenters. The van der Waals surface area contributed by atoms with Gasteiger partial charge in [0.2, 0.25) is 5.91 Å². The molecule has 9 nitrogen and oxygen atoms in total. The Hall–Kier alpha value is -4.14. The van der Waals surface area contributed by atoms with E-state index in [-0.39, 0.29) is 17.9 Å². The van der Waals surface area contributed by atoms with Crippen LogP contribution < -0.4 is 20.3 Å². The van der Waals surface area contributed by atoms with E-state index in [4.69, 9.17) is 9.47 Å². The van der Waals surface area contributed by atoms with E-state index in [2.05, 4.69) is 15.4 Å². The number of methoxy groups -OCH3 is 2. The highest BCUT2D eigenvalue weighted by Crippen LogP contribution is 2.29. The lowest BCUT2D eigenvalue weighted by atomic mass is 10.2. The molecule has 1 amide bonds. The summed E-state index contributed by atoms with van der Waals surface area (Å²) in [6, 6.07) is 15.0. The van der Waals surface area contributed by atoms with Gasteiger partial charge >= 0.3 is 0 Å². The number of aryl methyl sites for hydroxylation is 1. The van der Waals surface area contributed by atoms with Crippen LogP contribution in [0.3, 0.4) is 0 Å². The smallest absolute Gasteiger partial charge is 0.261 e. The van der Waals surface area contributed by atoms with Gasteiger partial charge in [0.1, 0.15) is 5.82 Å². The fourth-order valence-electron chi connectivity index (χ4n) is 3.58. The minimum absolute atomic E-state index is 0.141. The maximum Gasteiger partial charge on any atom is 0.261 e. The van der Waals surface area contributed by atoms with Crippen LogP contribution in [0.25, 0.3) is 10.9 Å². The maximum absolute atomic E-state index is 12.9. The maximum atomic E-state index is 12.9. The molecule has 0 atom stereocenters. The third kappa shape index (κ3) is 5.03. The number of carbonyl (C=O) groups excluding carboxylic acids is 1. The van der Waals surface area contributed by atoms with Crippen molar-refractivity contribution in [1.82, 2.24) is 19.3 Å². The van der Waals surface area contributed by atoms with Crippen molar-refractivity contribution in [3.05, 3.63) is 77.0 Å². The zero-order chi connectivity index (χ0) is 23.2. The molecule has 2 aromatic heterocycles. The van der Waals surface area contributed by atoms with Gasteiger partial charge in [-0.15, -0.1) is 0 Å². The molecule has 0 saturated carbocycles. The molecule has 2 heterocycles. The first kappa shape index (κ1) is 22.1. The van der Waals surface area contributed by atoms with Crippen LogP contribution in [0.1, 0.15) is 18.4 Å². The highest BCUT2D eigenvalue weighted by molar-refractivity contribution is 5.89. The molecule has 2 aromatic carbocycles. The Morgan fingerprint density at radius 3 is 2.58 bits per heavy atom. The van der Waals surface area contributed by atoms with E-state index in [0.717, 1.165) is 5.56 Å². The van der Waals surface area contributed by atoms with Crippen molar-refractivity contribution in [1.29, 1.82) is 0 Å². The second-order valence-corrected chi connectivity index (χ2v) is 7.48. The lowest BCUT2D eigenvalue weighted by Gasteiger charge is -2.11. The second-order valence-electron chi connectivity index (χ2n) is 7.48. The number of nitrogens with one attached hydrogen (secondary N) is 1. The van der Waals surface area contributed by atoms with E-state index in [0.29, 0.717) is 47.7 Å². The van der Waals surface area contributed by atoms with Crippen LogP contribution in [0.2, 0.25) is 0 Å². The van der Waals surface area contributed by atoms with E-state index >= 15 is 0 Å². The zero-order valence-corrected chi connectivity index (χ0v) is 18.5. The van der Waals surface area contributed by atoms with Gasteiger partial charge in [0, 0.05) is 25.1 Å². The van der Waals surface area contributed by atoms with Gasteiger partial charge in [0.25, 0.3) is 5.56 Å². The number of rotatable bonds is 9. The predicted molar refractivity (Wildman–Crippen MR) is 125 cm³/mol. The van der Waals surface area contributed by atoms with Crippen LogP contribution in [0, 0.1) is 0 Å². The summed E-state index contributed by atoms with van der Waals surface area (Å²) in [7, 11) is 3.05. The summed E-state index contributed by atoms with van der Waals surface area (Å²) in [5.74, 6) is 1.47. The quantitative estimate of drug-likeness (QED) is 0.423. The van der Waals surface area contributed by atoms with Crippen molar-refractivity contribution in [2.75, 3.05) is 19.5 Å². The number of fused-ring (bicyclic) bond motifs is 1. The number of anilines is 1. The van der Waals surface area contributed by atoms with Crippen LogP contribution in [-0.4, -0.2) is 39.5 Å². The summed E-state index contributed by atoms with van der Waals surface area (Å²) in [6.07, 6.45) is 3.89. The zero-order valence-electron chi connectivity index (χ0n) is 18.5. The van der Waals surface area contributed by atoms with Crippen LogP contribution in [0.4, 0.5) is 5.82 Å². The van der Waals surface area contributed by atoms with Crippen molar-refractivity contribution in [2.45, 2.75) is 25.9 Å². The van der Waals surface area contributed by atoms with Gasteiger partial charge in [-0.1, -0.05) is 30.3 Å². The first-order valence-electron chi connectivity index (χ1n) is 10.6. The number of aromatic nitrogens is 4. The molecule has 0 aliphatic carbocycles. The molecule has 0 bridgehead atoms. The first-order valence-corrected chi connectivity index (χ1v) is 10.6. The molecular formula is C24H25N5O4. The van der Waals surface area contributed by atoms with Gasteiger partial charge in [-0.25, -0.2) is 9.67 Å². The molecular weight excluding hydrogens is 422 g/mol. The molecule has 0 spiro atoms. The number of carbonyl (C=O) groups is 1. The fraction of sp³-hybridized carbons (Fsp3) is 0.250. The van der Waals surface area contributed by atoms with E-state index in [9.17, 15) is 9.59 Å². The summed E-state index contributed by atoms with van der Waals surface area (Å²) in [4.78, 5) is 29.7. The molecule has 33 heavy (non-hydrogen) atoms. The Bertz CT molecular complexity index is 1310. The van der Waals surface area contributed by atoms with Crippen LogP contribution in [0.5, 0.6) is 11.5 Å². The Kier molecular flexibility index (Phi) is 6.68. The van der Waals surface area contributed by atoms with E-state index in [1.54, 1.807) is 29.1 Å². The van der Waals surface area contributed by atoms with Crippen LogP contribution in [0.15, 0.2) is 65.8 Å². The molecule has 170 valence electrons. The van der Waals surface area contributed by atoms with Gasteiger partial charge in [0.05, 0.1) is 44.2 Å². The number of hydrogen-bond donors (Lipinski definition) is 1. The van der Waals surface area contributed by atoms with Crippen LogP contribution >= 0.6 is 0 Å². The van der Waals surface area contributed by atoms with Crippen LogP contribution in [-0.2, 0) is 17.9 Å². The average Bonchev–Trinajstić information content (AvgIpc) is 3.26. The fourth-order valence-corrected chi connectivity index (χ4v) is 3.58. The van der Waals surface area contributed by atoms with Gasteiger partial charge in [0.15, 0.2) is 11.5 Å². The van der Waals surface area contributed by atoms with Crippen molar-refractivity contribution in [3.63, 3.8) is 0 Å². The Morgan fingerprint density at radius 1 is 1.06 bits per heavy atom. The van der Waals surface area contributed by atoms with Crippen molar-refractivity contribution in [3.8, 4) is 11.5 Å². The van der Waals surface area contributed by atoms with Gasteiger partial charge < -0.3 is 14.8 Å². The predicted octanol–water partition coefficient (Wildman–Crippen LogP) is 3.08. The highest BCUT2D eigenvalue weighted by Gasteiger charge is 2.12. The van der Waals surface area contributed by atoms with E-state index < -0.39 is 0 Å². The average molecular weight is 447 g/mol. The minimum Gasteiger partial charge on any atom is -0.493 e. The molecule has 0 saturated heterocycles. The van der Waals surface area contributed by atoms with Crippen molar-refractivity contribution >= 4 is 22.6 Å². The molecule has 4 aromatic rings. The SMILES string of the molecule is COc1cc2ncn(CCCC(=O)Nc3ccnn3Cc3ccccc3)c(=O)c2cc1OC. The summed E-state index contributed by atoms with van der Waals surface area (Å²) in [5.41, 5.74) is 1.43. The third-order valence-electron chi connectivity index (χ3n) is 5.29. The lowest BCUT2D eigenvalue weighted by molar-refractivity contribution is -0.116. The third-order valence-corrected chi connectivity index (χ3v) is 5.29. The molecule has 0 fully saturated rings. The number of nitrogens with zero attached hydrogens (tertiary/aromatic N) is 4. The number of ether oxygens (including phenoxy) is 2. The summed E-state index contributed by atoms with van der Waals surface area (Å²) >= 11 is 0. The minimum atomic E-state index is -0.192. The number of hydrogen-bond acceptors (Lipinski definition) is 6. The molecule has 9 heteroatoms. The van der Waals surface area contributed by atoms with Crippen molar-refractivity contribution < 1.29 is 14.3 Å². The van der Waals surface area contributed by atoms with Gasteiger partial charge in [-0.2, -0.15) is 5.10 Å². The lowest BCUT2D eigenvalue weighted by Crippen LogP contribution is -2.22. The number of amides is 1. The standard InChI is InChI=1S/C24H25N5O4/c1-32-20-13-18-19(14-21(20)33-2)25-16-28(24(18)31)12-6-9-23(30)27-22-10-11-26-29(22)15-17-7-4-3-5-8-17/h3-5,7-8,10-11,13-14,16H,6,9,12,15H2,1-2H3,(H,27,30). The first-order chi connectivity index (χ1) is 16.1. The Balaban J connectivity index is 1.38. The Morgan fingerprint density at radius 2 is 1.82 bits per heavy atom. The van der Waals surface area contributed by atoms with Gasteiger partial charge in [-0.05, 0) is 18.1 Å². The summed E-state index contributed by atoms with van der Waals surface area (Å²) < 4.78 is 13.8. The molecule has 0 radical (unpaired) electrons. The number of benzene rings is 2. The second kappa shape index (κ2) is 9.99. The molecule has 0 aliphatic rings. The highest BCUT2D eigenvalue weighted by atomic mass is 16.5. The molecule has 4 rings (SSSR count). The topological polar surface area (TPSA) is 100 Å².